The predicted octanol–water partition coefficient (Wildman–Crippen LogP) is 6.04. The molecular weight excluding hydrogens is 592 g/mol. The number of rotatable bonds is 9. The van der Waals surface area contributed by atoms with E-state index in [9.17, 15) is 9.59 Å². The number of hydrogen-bond acceptors (Lipinski definition) is 7. The van der Waals surface area contributed by atoms with E-state index in [1.807, 2.05) is 48.9 Å². The molecule has 0 atom stereocenters. The number of aromatic nitrogens is 5. The number of benzene rings is 2. The number of piperidine rings is 1. The van der Waals surface area contributed by atoms with Crippen LogP contribution in [0.4, 0.5) is 17.3 Å². The normalized spacial score (nSPS) is 16.1. The second-order valence-corrected chi connectivity index (χ2v) is 12.7. The summed E-state index contributed by atoms with van der Waals surface area (Å²) < 4.78 is 11.6. The molecule has 47 heavy (non-hydrogen) atoms. The van der Waals surface area contributed by atoms with Crippen LogP contribution in [-0.4, -0.2) is 67.0 Å². The summed E-state index contributed by atoms with van der Waals surface area (Å²) in [4.78, 5) is 40.1. The standard InChI is InChI=1S/C36H42N8O3/c1-5-7-16-43-35(46)29-22-37-36(39-34(29)44(43)28-9-11-32-31(21-28)42(15-6-2)33(45)23-47-32)38-26-8-10-30-25(20-26)12-19-41(30)27-13-17-40(18-14-27)24(3)4/h5,7-12,19-22,24,27H,6,13-18,23H2,1-4H3,(H,37,38,39)/b7-5-. The van der Waals surface area contributed by atoms with E-state index >= 15 is 0 Å². The van der Waals surface area contributed by atoms with Gasteiger partial charge in [0.15, 0.2) is 12.3 Å². The summed E-state index contributed by atoms with van der Waals surface area (Å²) in [6.07, 6.45) is 10.7. The van der Waals surface area contributed by atoms with Crippen molar-refractivity contribution in [3.8, 4) is 11.4 Å². The quantitative estimate of drug-likeness (QED) is 0.197. The average molecular weight is 635 g/mol. The minimum atomic E-state index is -0.193. The van der Waals surface area contributed by atoms with Gasteiger partial charge in [-0.1, -0.05) is 19.1 Å². The summed E-state index contributed by atoms with van der Waals surface area (Å²) in [7, 11) is 0. The van der Waals surface area contributed by atoms with E-state index in [2.05, 4.69) is 64.1 Å². The van der Waals surface area contributed by atoms with Crippen LogP contribution in [0.15, 0.2) is 71.8 Å². The lowest BCUT2D eigenvalue weighted by atomic mass is 10.0. The van der Waals surface area contributed by atoms with Crippen LogP contribution in [-0.2, 0) is 11.3 Å². The van der Waals surface area contributed by atoms with Crippen molar-refractivity contribution >= 4 is 45.2 Å². The SMILES string of the molecule is C/C=C\Cn1c(=O)c2cnc(Nc3ccc4c(ccn4C4CCN(C(C)C)CC4)c3)nc2n1-c1ccc2c(c1)N(CCC)C(=O)CO2. The molecule has 1 fully saturated rings. The Kier molecular flexibility index (Phi) is 8.31. The summed E-state index contributed by atoms with van der Waals surface area (Å²) in [5, 5.41) is 4.94. The van der Waals surface area contributed by atoms with Crippen molar-refractivity contribution < 1.29 is 9.53 Å². The molecule has 0 aliphatic carbocycles. The van der Waals surface area contributed by atoms with Crippen molar-refractivity contribution in [2.45, 2.75) is 65.6 Å². The molecule has 5 heterocycles. The molecule has 2 aliphatic heterocycles. The molecule has 2 aromatic carbocycles. The fourth-order valence-electron chi connectivity index (χ4n) is 6.88. The van der Waals surface area contributed by atoms with E-state index in [1.54, 1.807) is 15.8 Å². The molecule has 244 valence electrons. The number of fused-ring (bicyclic) bond motifs is 3. The average Bonchev–Trinajstić information content (AvgIpc) is 3.62. The van der Waals surface area contributed by atoms with Crippen LogP contribution in [0.5, 0.6) is 5.75 Å². The number of nitrogens with one attached hydrogen (secondary N) is 1. The first-order valence-corrected chi connectivity index (χ1v) is 16.6. The maximum Gasteiger partial charge on any atom is 0.278 e. The number of likely N-dealkylation sites (tertiary alicyclic amines) is 1. The Bertz CT molecular complexity index is 2030. The van der Waals surface area contributed by atoms with Gasteiger partial charge in [-0.25, -0.2) is 14.3 Å². The van der Waals surface area contributed by atoms with Crippen molar-refractivity contribution in [3.63, 3.8) is 0 Å². The molecule has 0 spiro atoms. The van der Waals surface area contributed by atoms with Crippen LogP contribution in [0.25, 0.3) is 27.6 Å². The van der Waals surface area contributed by atoms with Crippen LogP contribution in [0.2, 0.25) is 0 Å². The first kappa shape index (κ1) is 30.7. The van der Waals surface area contributed by atoms with Gasteiger partial charge in [0.1, 0.15) is 11.1 Å². The molecule has 0 unspecified atom stereocenters. The Morgan fingerprint density at radius 3 is 2.68 bits per heavy atom. The van der Waals surface area contributed by atoms with Gasteiger partial charge < -0.3 is 24.4 Å². The zero-order valence-electron chi connectivity index (χ0n) is 27.5. The Balaban J connectivity index is 1.23. The third kappa shape index (κ3) is 5.69. The Labute approximate surface area is 274 Å². The molecule has 5 aromatic rings. The highest BCUT2D eigenvalue weighted by atomic mass is 16.5. The van der Waals surface area contributed by atoms with Crippen LogP contribution in [0.1, 0.15) is 53.0 Å². The molecule has 11 nitrogen and oxygen atoms in total. The first-order chi connectivity index (χ1) is 22.9. The zero-order chi connectivity index (χ0) is 32.7. The smallest absolute Gasteiger partial charge is 0.278 e. The maximum absolute atomic E-state index is 13.6. The van der Waals surface area contributed by atoms with Crippen LogP contribution in [0.3, 0.4) is 0 Å². The topological polar surface area (TPSA) is 102 Å². The van der Waals surface area contributed by atoms with Crippen LogP contribution >= 0.6 is 0 Å². The van der Waals surface area contributed by atoms with Crippen molar-refractivity contribution in [2.75, 3.05) is 36.5 Å². The van der Waals surface area contributed by atoms with E-state index in [0.717, 1.165) is 43.4 Å². The van der Waals surface area contributed by atoms with E-state index in [4.69, 9.17) is 9.72 Å². The molecular formula is C36H42N8O3. The van der Waals surface area contributed by atoms with Gasteiger partial charge in [0.25, 0.3) is 11.5 Å². The highest BCUT2D eigenvalue weighted by molar-refractivity contribution is 5.98. The fraction of sp³-hybridized carbons (Fsp3) is 0.389. The summed E-state index contributed by atoms with van der Waals surface area (Å²) in [5.41, 5.74) is 3.75. The second kappa shape index (κ2) is 12.7. The Morgan fingerprint density at radius 1 is 1.09 bits per heavy atom. The van der Waals surface area contributed by atoms with Crippen LogP contribution in [0, 0.1) is 0 Å². The molecule has 0 saturated carbocycles. The van der Waals surface area contributed by atoms with Crippen molar-refractivity contribution in [2.24, 2.45) is 0 Å². The van der Waals surface area contributed by atoms with Gasteiger partial charge in [-0.15, -0.1) is 0 Å². The summed E-state index contributed by atoms with van der Waals surface area (Å²) >= 11 is 0. The molecule has 11 heteroatoms. The van der Waals surface area contributed by atoms with Gasteiger partial charge in [-0.05, 0) is 82.5 Å². The number of carbonyl (C=O) groups is 1. The van der Waals surface area contributed by atoms with E-state index in [-0.39, 0.29) is 18.1 Å². The van der Waals surface area contributed by atoms with Crippen molar-refractivity contribution in [1.82, 2.24) is 28.8 Å². The lowest BCUT2D eigenvalue weighted by Crippen LogP contribution is -2.39. The number of amides is 1. The third-order valence-electron chi connectivity index (χ3n) is 9.37. The summed E-state index contributed by atoms with van der Waals surface area (Å²) in [5.74, 6) is 0.944. The number of carbonyl (C=O) groups excluding carboxylic acids is 1. The van der Waals surface area contributed by atoms with E-state index < -0.39 is 0 Å². The molecule has 0 bridgehead atoms. The minimum Gasteiger partial charge on any atom is -0.482 e. The second-order valence-electron chi connectivity index (χ2n) is 12.7. The van der Waals surface area contributed by atoms with E-state index in [0.29, 0.717) is 59.3 Å². The summed E-state index contributed by atoms with van der Waals surface area (Å²) in [6.45, 7) is 11.7. The lowest BCUT2D eigenvalue weighted by Gasteiger charge is -2.35. The number of anilines is 3. The van der Waals surface area contributed by atoms with Gasteiger partial charge in [0.2, 0.25) is 5.95 Å². The number of ether oxygens (including phenoxy) is 1. The summed E-state index contributed by atoms with van der Waals surface area (Å²) in [6, 6.07) is 15.2. The number of hydrogen-bond donors (Lipinski definition) is 1. The van der Waals surface area contributed by atoms with Crippen LogP contribution < -0.4 is 20.5 Å². The predicted molar refractivity (Wildman–Crippen MR) is 186 cm³/mol. The molecule has 2 aliphatic rings. The molecule has 1 amide bonds. The zero-order valence-corrected chi connectivity index (χ0v) is 27.5. The number of allylic oxidation sites excluding steroid dienone is 2. The minimum absolute atomic E-state index is 0.0151. The maximum atomic E-state index is 13.6. The Morgan fingerprint density at radius 2 is 1.91 bits per heavy atom. The van der Waals surface area contributed by atoms with Gasteiger partial charge >= 0.3 is 0 Å². The fourth-order valence-corrected chi connectivity index (χ4v) is 6.88. The highest BCUT2D eigenvalue weighted by Gasteiger charge is 2.27. The molecule has 1 saturated heterocycles. The van der Waals surface area contributed by atoms with E-state index in [1.165, 1.54) is 5.52 Å². The largest absolute Gasteiger partial charge is 0.482 e. The van der Waals surface area contributed by atoms with Crippen molar-refractivity contribution in [3.05, 3.63) is 77.4 Å². The third-order valence-corrected chi connectivity index (χ3v) is 9.37. The lowest BCUT2D eigenvalue weighted by molar-refractivity contribution is -0.121. The first-order valence-electron chi connectivity index (χ1n) is 16.6. The molecule has 7 rings (SSSR count). The number of nitrogens with zero attached hydrogens (tertiary/aromatic N) is 7. The van der Waals surface area contributed by atoms with Gasteiger partial charge in [-0.3, -0.25) is 9.59 Å². The van der Waals surface area contributed by atoms with Gasteiger partial charge in [0, 0.05) is 60.7 Å². The Hall–Kier alpha value is -4.90. The van der Waals surface area contributed by atoms with Crippen molar-refractivity contribution in [1.29, 1.82) is 0 Å². The van der Waals surface area contributed by atoms with Gasteiger partial charge in [0.05, 0.1) is 17.9 Å². The molecule has 0 radical (unpaired) electrons. The molecule has 3 aromatic heterocycles. The molecule has 1 N–H and O–H groups in total. The highest BCUT2D eigenvalue weighted by Crippen LogP contribution is 2.35. The monoisotopic (exact) mass is 634 g/mol. The van der Waals surface area contributed by atoms with Gasteiger partial charge in [-0.2, -0.15) is 4.98 Å².